The van der Waals surface area contributed by atoms with Gasteiger partial charge in [-0.15, -0.1) is 0 Å². The molecule has 0 bridgehead atoms. The van der Waals surface area contributed by atoms with Crippen LogP contribution in [0.15, 0.2) is 0 Å². The summed E-state index contributed by atoms with van der Waals surface area (Å²) >= 11 is 0. The van der Waals surface area contributed by atoms with E-state index < -0.39 is 0 Å². The molecule has 0 unspecified atom stereocenters. The molecule has 0 atom stereocenters. The second-order valence-electron chi connectivity index (χ2n) is 4.82. The van der Waals surface area contributed by atoms with Gasteiger partial charge < -0.3 is 15.5 Å². The van der Waals surface area contributed by atoms with Crippen LogP contribution in [-0.2, 0) is 0 Å². The first-order valence-corrected chi connectivity index (χ1v) is 5.60. The van der Waals surface area contributed by atoms with Gasteiger partial charge in [0, 0.05) is 31.7 Å². The van der Waals surface area contributed by atoms with E-state index in [2.05, 4.69) is 50.3 Å². The monoisotopic (exact) mass is 201 g/mol. The Balaban J connectivity index is 3.14. The molecule has 0 saturated heterocycles. The molecule has 86 valence electrons. The fourth-order valence-electron chi connectivity index (χ4n) is 1.08. The highest BCUT2D eigenvalue weighted by Crippen LogP contribution is 1.96. The van der Waals surface area contributed by atoms with Gasteiger partial charge in [-0.1, -0.05) is 6.92 Å². The molecule has 3 nitrogen and oxygen atoms in total. The highest BCUT2D eigenvalue weighted by atomic mass is 15.1. The third-order valence-corrected chi connectivity index (χ3v) is 2.17. The predicted molar refractivity (Wildman–Crippen MR) is 63.8 cm³/mol. The molecule has 14 heavy (non-hydrogen) atoms. The van der Waals surface area contributed by atoms with Gasteiger partial charge in [0.05, 0.1) is 0 Å². The minimum Gasteiger partial charge on any atom is -0.314 e. The minimum absolute atomic E-state index is 0.238. The lowest BCUT2D eigenvalue weighted by molar-refractivity contribution is 0.346. The Bertz CT molecular complexity index is 129. The molecular weight excluding hydrogens is 174 g/mol. The molecule has 0 amide bonds. The minimum atomic E-state index is 0.238. The van der Waals surface area contributed by atoms with E-state index in [4.69, 9.17) is 0 Å². The number of hydrogen-bond acceptors (Lipinski definition) is 3. The fraction of sp³-hybridized carbons (Fsp3) is 1.00. The summed E-state index contributed by atoms with van der Waals surface area (Å²) < 4.78 is 0. The first-order chi connectivity index (χ1) is 6.45. The van der Waals surface area contributed by atoms with Crippen LogP contribution >= 0.6 is 0 Å². The van der Waals surface area contributed by atoms with Gasteiger partial charge in [0.1, 0.15) is 0 Å². The van der Waals surface area contributed by atoms with Gasteiger partial charge in [-0.2, -0.15) is 0 Å². The number of nitrogens with zero attached hydrogens (tertiary/aromatic N) is 1. The van der Waals surface area contributed by atoms with Gasteiger partial charge in [-0.25, -0.2) is 0 Å². The maximum atomic E-state index is 3.45. The smallest absolute Gasteiger partial charge is 0.0104 e. The molecule has 0 aromatic rings. The second kappa shape index (κ2) is 7.21. The zero-order valence-corrected chi connectivity index (χ0v) is 10.5. The molecule has 0 fully saturated rings. The van der Waals surface area contributed by atoms with Crippen molar-refractivity contribution in [3.63, 3.8) is 0 Å². The highest BCUT2D eigenvalue weighted by molar-refractivity contribution is 4.70. The van der Waals surface area contributed by atoms with Crippen molar-refractivity contribution >= 4 is 0 Å². The van der Waals surface area contributed by atoms with Crippen LogP contribution in [0.4, 0.5) is 0 Å². The quantitative estimate of drug-likeness (QED) is 0.600. The summed E-state index contributed by atoms with van der Waals surface area (Å²) in [4.78, 5) is 2.31. The van der Waals surface area contributed by atoms with Crippen molar-refractivity contribution in [1.29, 1.82) is 0 Å². The zero-order valence-electron chi connectivity index (χ0n) is 10.5. The number of likely N-dealkylation sites (N-methyl/N-ethyl adjacent to an activating group) is 1. The van der Waals surface area contributed by atoms with Crippen LogP contribution in [-0.4, -0.2) is 50.2 Å². The third-order valence-electron chi connectivity index (χ3n) is 2.17. The standard InChI is InChI=1S/C11H27N3/c1-6-14(5)10-9-12-7-8-13-11(2,3)4/h12-13H,6-10H2,1-5H3. The molecule has 0 rings (SSSR count). The number of hydrogen-bond donors (Lipinski definition) is 2. The molecule has 0 heterocycles. The lowest BCUT2D eigenvalue weighted by Crippen LogP contribution is -2.41. The molecule has 0 aromatic carbocycles. The molecule has 0 aromatic heterocycles. The Labute approximate surface area is 89.2 Å². The maximum Gasteiger partial charge on any atom is 0.0104 e. The topological polar surface area (TPSA) is 27.3 Å². The van der Waals surface area contributed by atoms with E-state index in [1.807, 2.05) is 0 Å². The summed E-state index contributed by atoms with van der Waals surface area (Å²) in [5, 5.41) is 6.87. The average Bonchev–Trinajstić information content (AvgIpc) is 2.08. The lowest BCUT2D eigenvalue weighted by atomic mass is 10.1. The van der Waals surface area contributed by atoms with Crippen molar-refractivity contribution < 1.29 is 0 Å². The summed E-state index contributed by atoms with van der Waals surface area (Å²) in [5.74, 6) is 0. The van der Waals surface area contributed by atoms with Gasteiger partial charge in [0.15, 0.2) is 0 Å². The van der Waals surface area contributed by atoms with Crippen molar-refractivity contribution in [3.05, 3.63) is 0 Å². The van der Waals surface area contributed by atoms with E-state index >= 15 is 0 Å². The van der Waals surface area contributed by atoms with Crippen molar-refractivity contribution in [1.82, 2.24) is 15.5 Å². The molecular formula is C11H27N3. The lowest BCUT2D eigenvalue weighted by Gasteiger charge is -2.21. The normalized spacial score (nSPS) is 12.4. The van der Waals surface area contributed by atoms with Crippen LogP contribution in [0.1, 0.15) is 27.7 Å². The van der Waals surface area contributed by atoms with E-state index in [9.17, 15) is 0 Å². The SMILES string of the molecule is CCN(C)CCNCCNC(C)(C)C. The Morgan fingerprint density at radius 3 is 2.21 bits per heavy atom. The summed E-state index contributed by atoms with van der Waals surface area (Å²) in [6.07, 6.45) is 0. The van der Waals surface area contributed by atoms with Gasteiger partial charge in [-0.05, 0) is 34.4 Å². The van der Waals surface area contributed by atoms with Crippen LogP contribution in [0.5, 0.6) is 0 Å². The fourth-order valence-corrected chi connectivity index (χ4v) is 1.08. The molecule has 2 N–H and O–H groups in total. The Hall–Kier alpha value is -0.120. The third kappa shape index (κ3) is 9.96. The van der Waals surface area contributed by atoms with Crippen molar-refractivity contribution in [3.8, 4) is 0 Å². The van der Waals surface area contributed by atoms with Crippen LogP contribution in [0.2, 0.25) is 0 Å². The molecule has 0 aliphatic carbocycles. The summed E-state index contributed by atoms with van der Waals surface area (Å²) in [6.45, 7) is 14.2. The number of nitrogens with one attached hydrogen (secondary N) is 2. The van der Waals surface area contributed by atoms with Gasteiger partial charge >= 0.3 is 0 Å². The predicted octanol–water partition coefficient (Wildman–Crippen LogP) is 0.916. The highest BCUT2D eigenvalue weighted by Gasteiger charge is 2.06. The van der Waals surface area contributed by atoms with Gasteiger partial charge in [0.25, 0.3) is 0 Å². The maximum absolute atomic E-state index is 3.45. The van der Waals surface area contributed by atoms with Crippen molar-refractivity contribution in [2.75, 3.05) is 39.8 Å². The van der Waals surface area contributed by atoms with E-state index in [1.54, 1.807) is 0 Å². The van der Waals surface area contributed by atoms with Crippen molar-refractivity contribution in [2.45, 2.75) is 33.2 Å². The molecule has 3 heteroatoms. The van der Waals surface area contributed by atoms with Gasteiger partial charge in [0.2, 0.25) is 0 Å². The number of rotatable bonds is 7. The second-order valence-corrected chi connectivity index (χ2v) is 4.82. The van der Waals surface area contributed by atoms with Gasteiger partial charge in [-0.3, -0.25) is 0 Å². The molecule has 0 aliphatic heterocycles. The van der Waals surface area contributed by atoms with E-state index in [1.165, 1.54) is 0 Å². The summed E-state index contributed by atoms with van der Waals surface area (Å²) in [5.41, 5.74) is 0.238. The summed E-state index contributed by atoms with van der Waals surface area (Å²) in [7, 11) is 2.15. The van der Waals surface area contributed by atoms with E-state index in [-0.39, 0.29) is 5.54 Å². The first kappa shape index (κ1) is 13.9. The van der Waals surface area contributed by atoms with Crippen LogP contribution in [0.25, 0.3) is 0 Å². The van der Waals surface area contributed by atoms with E-state index in [0.29, 0.717) is 0 Å². The van der Waals surface area contributed by atoms with E-state index in [0.717, 1.165) is 32.7 Å². The van der Waals surface area contributed by atoms with Crippen LogP contribution in [0.3, 0.4) is 0 Å². The Morgan fingerprint density at radius 1 is 1.07 bits per heavy atom. The molecule has 0 saturated carbocycles. The average molecular weight is 201 g/mol. The Kier molecular flexibility index (Phi) is 7.15. The zero-order chi connectivity index (χ0) is 11.0. The molecule has 0 radical (unpaired) electrons. The first-order valence-electron chi connectivity index (χ1n) is 5.60. The van der Waals surface area contributed by atoms with Crippen molar-refractivity contribution in [2.24, 2.45) is 0 Å². The Morgan fingerprint density at radius 2 is 1.71 bits per heavy atom. The molecule has 0 aliphatic rings. The summed E-state index contributed by atoms with van der Waals surface area (Å²) in [6, 6.07) is 0. The largest absolute Gasteiger partial charge is 0.314 e. The van der Waals surface area contributed by atoms with Crippen LogP contribution < -0.4 is 10.6 Å². The van der Waals surface area contributed by atoms with Crippen LogP contribution in [0, 0.1) is 0 Å². The molecule has 0 spiro atoms.